The number of aryl methyl sites for hydroxylation is 2. The molecule has 0 nitrogen and oxygen atoms in total. The van der Waals surface area contributed by atoms with Crippen LogP contribution in [0.4, 0.5) is 0 Å². The van der Waals surface area contributed by atoms with Gasteiger partial charge in [0, 0.05) is 4.88 Å². The van der Waals surface area contributed by atoms with E-state index in [9.17, 15) is 0 Å². The Morgan fingerprint density at radius 2 is 1.59 bits per heavy atom. The molecule has 0 saturated heterocycles. The van der Waals surface area contributed by atoms with Crippen LogP contribution in [0.3, 0.4) is 0 Å². The van der Waals surface area contributed by atoms with Gasteiger partial charge in [-0.3, -0.25) is 0 Å². The van der Waals surface area contributed by atoms with E-state index in [1.807, 2.05) is 11.3 Å². The molecule has 17 heavy (non-hydrogen) atoms. The van der Waals surface area contributed by atoms with Crippen LogP contribution < -0.4 is 4.50 Å². The van der Waals surface area contributed by atoms with Crippen LogP contribution in [0.25, 0.3) is 0 Å². The van der Waals surface area contributed by atoms with E-state index in [0.29, 0.717) is 0 Å². The molecule has 0 bridgehead atoms. The van der Waals surface area contributed by atoms with E-state index in [4.69, 9.17) is 0 Å². The second-order valence-electron chi connectivity index (χ2n) is 5.50. The van der Waals surface area contributed by atoms with Crippen molar-refractivity contribution in [3.63, 3.8) is 0 Å². The average Bonchev–Trinajstić information content (AvgIpc) is 2.76. The lowest BCUT2D eigenvalue weighted by atomic mass is 10.1. The quantitative estimate of drug-likeness (QED) is 0.727. The molecule has 1 heterocycles. The highest BCUT2D eigenvalue weighted by Gasteiger charge is 2.18. The molecule has 2 rings (SSSR count). The maximum Gasteiger partial charge on any atom is 0.0904 e. The van der Waals surface area contributed by atoms with Gasteiger partial charge in [-0.05, 0) is 29.0 Å². The molecule has 0 aliphatic carbocycles. The van der Waals surface area contributed by atoms with E-state index in [0.717, 1.165) is 6.42 Å². The van der Waals surface area contributed by atoms with Crippen molar-refractivity contribution in [3.05, 3.63) is 52.9 Å². The van der Waals surface area contributed by atoms with Crippen molar-refractivity contribution >= 4 is 23.9 Å². The molecule has 0 atom stereocenters. The summed E-state index contributed by atoms with van der Waals surface area (Å²) in [5.41, 5.74) is 1.44. The minimum Gasteiger partial charge on any atom is -0.150 e. The molecule has 0 amide bonds. The van der Waals surface area contributed by atoms with E-state index in [-0.39, 0.29) is 0 Å². The molecule has 2 heteroatoms. The third-order valence-corrected chi connectivity index (χ3v) is 7.65. The summed E-state index contributed by atoms with van der Waals surface area (Å²) in [6.45, 7) is 7.25. The maximum absolute atomic E-state index is 2.42. The van der Waals surface area contributed by atoms with Crippen LogP contribution >= 0.6 is 11.3 Å². The third kappa shape index (κ3) is 3.55. The summed E-state index contributed by atoms with van der Waals surface area (Å²) in [7, 11) is -1.10. The van der Waals surface area contributed by atoms with Gasteiger partial charge in [-0.1, -0.05) is 56.0 Å². The molecule has 0 aliphatic heterocycles. The number of benzene rings is 1. The number of thiophene rings is 1. The van der Waals surface area contributed by atoms with Gasteiger partial charge in [0.1, 0.15) is 0 Å². The predicted octanol–water partition coefficient (Wildman–Crippen LogP) is 4.08. The zero-order chi connectivity index (χ0) is 12.3. The summed E-state index contributed by atoms with van der Waals surface area (Å²) in [5, 5.41) is 0. The zero-order valence-electron chi connectivity index (χ0n) is 10.9. The first-order chi connectivity index (χ1) is 8.05. The summed E-state index contributed by atoms with van der Waals surface area (Å²) in [6.07, 6.45) is 2.34. The molecule has 0 saturated carbocycles. The van der Waals surface area contributed by atoms with Crippen LogP contribution in [0.5, 0.6) is 0 Å². The summed E-state index contributed by atoms with van der Waals surface area (Å²) in [5.74, 6) is 0. The van der Waals surface area contributed by atoms with Crippen LogP contribution in [0.2, 0.25) is 19.6 Å². The molecule has 0 N–H and O–H groups in total. The highest BCUT2D eigenvalue weighted by Crippen LogP contribution is 2.15. The van der Waals surface area contributed by atoms with Gasteiger partial charge in [-0.25, -0.2) is 0 Å². The zero-order valence-corrected chi connectivity index (χ0v) is 12.7. The Hall–Kier alpha value is -0.863. The van der Waals surface area contributed by atoms with Gasteiger partial charge in [-0.2, -0.15) is 11.3 Å². The second-order valence-corrected chi connectivity index (χ2v) is 12.1. The van der Waals surface area contributed by atoms with Crippen LogP contribution in [-0.2, 0) is 12.8 Å². The van der Waals surface area contributed by atoms with Crippen LogP contribution in [0.1, 0.15) is 10.4 Å². The lowest BCUT2D eigenvalue weighted by Crippen LogP contribution is -2.34. The largest absolute Gasteiger partial charge is 0.150 e. The molecule has 0 radical (unpaired) electrons. The monoisotopic (exact) mass is 260 g/mol. The second kappa shape index (κ2) is 5.19. The van der Waals surface area contributed by atoms with Gasteiger partial charge < -0.3 is 0 Å². The van der Waals surface area contributed by atoms with E-state index in [1.165, 1.54) is 16.9 Å². The molecule has 90 valence electrons. The molecule has 0 spiro atoms. The highest BCUT2D eigenvalue weighted by atomic mass is 32.1. The Morgan fingerprint density at radius 3 is 2.18 bits per heavy atom. The Morgan fingerprint density at radius 1 is 0.882 bits per heavy atom. The summed E-state index contributed by atoms with van der Waals surface area (Å²) >= 11 is 2.02. The SMILES string of the molecule is C[Si](C)(C)c1ccc(CCc2ccccc2)s1. The standard InChI is InChI=1S/C15H20SSi/c1-17(2,3)15-12-11-14(16-15)10-9-13-7-5-4-6-8-13/h4-8,11-12H,9-10H2,1-3H3. The van der Waals surface area contributed by atoms with Crippen molar-refractivity contribution in [2.75, 3.05) is 0 Å². The summed E-state index contributed by atoms with van der Waals surface area (Å²) in [6, 6.07) is 15.4. The molecule has 2 aromatic rings. The molecule has 0 fully saturated rings. The summed E-state index contributed by atoms with van der Waals surface area (Å²) < 4.78 is 1.63. The van der Waals surface area contributed by atoms with E-state index >= 15 is 0 Å². The van der Waals surface area contributed by atoms with Gasteiger partial charge in [0.05, 0.1) is 8.07 Å². The van der Waals surface area contributed by atoms with Crippen LogP contribution in [-0.4, -0.2) is 8.07 Å². The van der Waals surface area contributed by atoms with E-state index in [1.54, 1.807) is 4.50 Å². The van der Waals surface area contributed by atoms with Gasteiger partial charge in [0.25, 0.3) is 0 Å². The fourth-order valence-electron chi connectivity index (χ4n) is 1.83. The fourth-order valence-corrected chi connectivity index (χ4v) is 4.79. The first-order valence-corrected chi connectivity index (χ1v) is 10.5. The van der Waals surface area contributed by atoms with Crippen molar-refractivity contribution in [2.45, 2.75) is 32.5 Å². The number of hydrogen-bond donors (Lipinski definition) is 0. The maximum atomic E-state index is 2.42. The van der Waals surface area contributed by atoms with Gasteiger partial charge >= 0.3 is 0 Å². The summed E-state index contributed by atoms with van der Waals surface area (Å²) in [4.78, 5) is 1.53. The van der Waals surface area contributed by atoms with Gasteiger partial charge in [-0.15, -0.1) is 0 Å². The normalized spacial score (nSPS) is 11.7. The topological polar surface area (TPSA) is 0 Å². The molecular formula is C15H20SSi. The van der Waals surface area contributed by atoms with Crippen molar-refractivity contribution in [2.24, 2.45) is 0 Å². The van der Waals surface area contributed by atoms with Gasteiger partial charge in [0.2, 0.25) is 0 Å². The average molecular weight is 260 g/mol. The minimum absolute atomic E-state index is 1.10. The lowest BCUT2D eigenvalue weighted by molar-refractivity contribution is 0.981. The highest BCUT2D eigenvalue weighted by molar-refractivity contribution is 7.26. The van der Waals surface area contributed by atoms with Crippen molar-refractivity contribution in [1.82, 2.24) is 0 Å². The Kier molecular flexibility index (Phi) is 3.85. The molecule has 1 aromatic heterocycles. The molecule has 0 unspecified atom stereocenters. The molecule has 1 aromatic carbocycles. The first-order valence-electron chi connectivity index (χ1n) is 6.19. The Labute approximate surface area is 109 Å². The lowest BCUT2D eigenvalue weighted by Gasteiger charge is -2.12. The molecular weight excluding hydrogens is 240 g/mol. The van der Waals surface area contributed by atoms with Gasteiger partial charge in [0.15, 0.2) is 0 Å². The van der Waals surface area contributed by atoms with Crippen molar-refractivity contribution in [1.29, 1.82) is 0 Å². The smallest absolute Gasteiger partial charge is 0.0904 e. The predicted molar refractivity (Wildman–Crippen MR) is 81.1 cm³/mol. The van der Waals surface area contributed by atoms with Crippen molar-refractivity contribution < 1.29 is 0 Å². The van der Waals surface area contributed by atoms with Crippen LogP contribution in [0, 0.1) is 0 Å². The minimum atomic E-state index is -1.10. The van der Waals surface area contributed by atoms with E-state index < -0.39 is 8.07 Å². The Balaban J connectivity index is 1.99. The third-order valence-electron chi connectivity index (χ3n) is 2.90. The van der Waals surface area contributed by atoms with Crippen molar-refractivity contribution in [3.8, 4) is 0 Å². The first kappa shape index (κ1) is 12.6. The van der Waals surface area contributed by atoms with E-state index in [2.05, 4.69) is 62.1 Å². The fraction of sp³-hybridized carbons (Fsp3) is 0.333. The van der Waals surface area contributed by atoms with Crippen LogP contribution in [0.15, 0.2) is 42.5 Å². The molecule has 0 aliphatic rings. The number of rotatable bonds is 4. The Bertz CT molecular complexity index is 465. The number of hydrogen-bond acceptors (Lipinski definition) is 1.